The molecule has 1 amide bonds. The van der Waals surface area contributed by atoms with Gasteiger partial charge in [-0.2, -0.15) is 0 Å². The van der Waals surface area contributed by atoms with Gasteiger partial charge in [-0.25, -0.2) is 4.39 Å². The highest BCUT2D eigenvalue weighted by Crippen LogP contribution is 2.05. The number of carbonyl (C=O) groups excluding carboxylic acids is 1. The van der Waals surface area contributed by atoms with Crippen molar-refractivity contribution in [3.05, 3.63) is 35.6 Å². The molecule has 0 saturated carbocycles. The van der Waals surface area contributed by atoms with E-state index in [0.717, 1.165) is 5.56 Å². The van der Waals surface area contributed by atoms with E-state index in [1.54, 1.807) is 19.2 Å². The molecular weight excluding hydrogens is 247 g/mol. The van der Waals surface area contributed by atoms with E-state index in [9.17, 15) is 9.18 Å². The number of methoxy groups -OCH3 is 1. The Bertz CT molecular complexity index is 395. The fourth-order valence-corrected chi connectivity index (χ4v) is 1.81. The molecule has 1 atom stereocenters. The number of benzene rings is 1. The molecule has 0 bridgehead atoms. The molecular formula is C14H21FN2O2. The zero-order chi connectivity index (χ0) is 14.3. The minimum Gasteiger partial charge on any atom is -0.383 e. The maximum atomic E-state index is 12.8. The van der Waals surface area contributed by atoms with E-state index < -0.39 is 0 Å². The summed E-state index contributed by atoms with van der Waals surface area (Å²) >= 11 is 0. The summed E-state index contributed by atoms with van der Waals surface area (Å²) in [6.07, 6.45) is 0. The maximum absolute atomic E-state index is 12.8. The highest BCUT2D eigenvalue weighted by molar-refractivity contribution is 5.78. The van der Waals surface area contributed by atoms with Crippen molar-refractivity contribution >= 4 is 5.91 Å². The Kier molecular flexibility index (Phi) is 6.45. The zero-order valence-corrected chi connectivity index (χ0v) is 11.6. The minimum atomic E-state index is -0.252. The van der Waals surface area contributed by atoms with Crippen LogP contribution < -0.4 is 5.32 Å². The quantitative estimate of drug-likeness (QED) is 0.813. The lowest BCUT2D eigenvalue weighted by atomic mass is 10.2. The highest BCUT2D eigenvalue weighted by Gasteiger charge is 2.10. The molecule has 0 aromatic heterocycles. The average molecular weight is 268 g/mol. The number of rotatable bonds is 7. The molecule has 0 heterocycles. The number of carbonyl (C=O) groups is 1. The van der Waals surface area contributed by atoms with Crippen molar-refractivity contribution in [3.8, 4) is 0 Å². The Morgan fingerprint density at radius 2 is 2.05 bits per heavy atom. The van der Waals surface area contributed by atoms with Crippen LogP contribution in [0, 0.1) is 5.82 Å². The molecule has 5 heteroatoms. The van der Waals surface area contributed by atoms with Crippen molar-refractivity contribution in [2.75, 3.05) is 27.3 Å². The molecule has 106 valence electrons. The van der Waals surface area contributed by atoms with Gasteiger partial charge in [-0.15, -0.1) is 0 Å². The monoisotopic (exact) mass is 268 g/mol. The summed E-state index contributed by atoms with van der Waals surface area (Å²) < 4.78 is 17.7. The first-order valence-corrected chi connectivity index (χ1v) is 6.22. The van der Waals surface area contributed by atoms with E-state index >= 15 is 0 Å². The van der Waals surface area contributed by atoms with Crippen LogP contribution in [0.5, 0.6) is 0 Å². The Morgan fingerprint density at radius 3 is 2.63 bits per heavy atom. The molecule has 0 aliphatic heterocycles. The van der Waals surface area contributed by atoms with Crippen molar-refractivity contribution in [1.29, 1.82) is 0 Å². The summed E-state index contributed by atoms with van der Waals surface area (Å²) in [5, 5.41) is 2.84. The van der Waals surface area contributed by atoms with Gasteiger partial charge in [0.15, 0.2) is 0 Å². The van der Waals surface area contributed by atoms with E-state index in [0.29, 0.717) is 19.7 Å². The van der Waals surface area contributed by atoms with Crippen LogP contribution >= 0.6 is 0 Å². The molecule has 0 aliphatic rings. The van der Waals surface area contributed by atoms with Crippen LogP contribution in [0.2, 0.25) is 0 Å². The number of halogens is 1. The molecule has 0 spiro atoms. The molecule has 0 fully saturated rings. The molecule has 19 heavy (non-hydrogen) atoms. The second-order valence-corrected chi connectivity index (χ2v) is 4.72. The molecule has 1 N–H and O–H groups in total. The summed E-state index contributed by atoms with van der Waals surface area (Å²) in [5.74, 6) is -0.299. The van der Waals surface area contributed by atoms with E-state index in [1.807, 2.05) is 18.9 Å². The summed E-state index contributed by atoms with van der Waals surface area (Å²) in [5.41, 5.74) is 0.974. The van der Waals surface area contributed by atoms with Crippen molar-refractivity contribution in [2.45, 2.75) is 19.5 Å². The Hall–Kier alpha value is -1.46. The number of hydrogen-bond donors (Lipinski definition) is 1. The molecule has 0 radical (unpaired) electrons. The summed E-state index contributed by atoms with van der Waals surface area (Å²) in [6.45, 7) is 3.28. The number of likely N-dealkylation sites (N-methyl/N-ethyl adjacent to an activating group) is 1. The van der Waals surface area contributed by atoms with E-state index in [1.165, 1.54) is 12.1 Å². The van der Waals surface area contributed by atoms with Gasteiger partial charge in [0.25, 0.3) is 0 Å². The fraction of sp³-hybridized carbons (Fsp3) is 0.500. The lowest BCUT2D eigenvalue weighted by Gasteiger charge is -2.18. The van der Waals surface area contributed by atoms with Crippen molar-refractivity contribution < 1.29 is 13.9 Å². The molecule has 0 aliphatic carbocycles. The molecule has 1 rings (SSSR count). The number of hydrogen-bond acceptors (Lipinski definition) is 3. The molecule has 1 aromatic rings. The first-order chi connectivity index (χ1) is 9.01. The van der Waals surface area contributed by atoms with Crippen LogP contribution in [-0.2, 0) is 16.1 Å². The van der Waals surface area contributed by atoms with Gasteiger partial charge in [-0.05, 0) is 31.7 Å². The molecule has 4 nitrogen and oxygen atoms in total. The lowest BCUT2D eigenvalue weighted by Crippen LogP contribution is -2.41. The first kappa shape index (κ1) is 15.6. The van der Waals surface area contributed by atoms with Crippen LogP contribution in [-0.4, -0.2) is 44.2 Å². The van der Waals surface area contributed by atoms with Gasteiger partial charge in [-0.1, -0.05) is 12.1 Å². The summed E-state index contributed by atoms with van der Waals surface area (Å²) in [7, 11) is 3.45. The fourth-order valence-electron chi connectivity index (χ4n) is 1.81. The Balaban J connectivity index is 2.36. The van der Waals surface area contributed by atoms with E-state index in [2.05, 4.69) is 5.32 Å². The lowest BCUT2D eigenvalue weighted by molar-refractivity contribution is -0.123. The van der Waals surface area contributed by atoms with Crippen LogP contribution in [0.1, 0.15) is 12.5 Å². The normalized spacial score (nSPS) is 12.5. The van der Waals surface area contributed by atoms with Crippen LogP contribution in [0.15, 0.2) is 24.3 Å². The van der Waals surface area contributed by atoms with Gasteiger partial charge in [0.1, 0.15) is 5.82 Å². The van der Waals surface area contributed by atoms with Gasteiger partial charge >= 0.3 is 0 Å². The zero-order valence-electron chi connectivity index (χ0n) is 11.6. The van der Waals surface area contributed by atoms with Gasteiger partial charge < -0.3 is 10.1 Å². The third kappa shape index (κ3) is 6.31. The van der Waals surface area contributed by atoms with Gasteiger partial charge in [0.2, 0.25) is 5.91 Å². The van der Waals surface area contributed by atoms with Crippen LogP contribution in [0.25, 0.3) is 0 Å². The van der Waals surface area contributed by atoms with Gasteiger partial charge in [-0.3, -0.25) is 9.69 Å². The number of ether oxygens (including phenoxy) is 1. The molecule has 1 aromatic carbocycles. The minimum absolute atomic E-state index is 0.00304. The SMILES string of the molecule is COC[C@@H](C)NC(=O)CN(C)Cc1ccc(F)cc1. The van der Waals surface area contributed by atoms with Gasteiger partial charge in [0, 0.05) is 19.7 Å². The third-order valence-electron chi connectivity index (χ3n) is 2.60. The molecule has 0 unspecified atom stereocenters. The Morgan fingerprint density at radius 1 is 1.42 bits per heavy atom. The first-order valence-electron chi connectivity index (χ1n) is 6.22. The summed E-state index contributed by atoms with van der Waals surface area (Å²) in [6, 6.07) is 6.28. The van der Waals surface area contributed by atoms with Crippen molar-refractivity contribution in [3.63, 3.8) is 0 Å². The number of nitrogens with one attached hydrogen (secondary N) is 1. The number of amides is 1. The van der Waals surface area contributed by atoms with E-state index in [-0.39, 0.29) is 17.8 Å². The smallest absolute Gasteiger partial charge is 0.234 e. The van der Waals surface area contributed by atoms with Crippen molar-refractivity contribution in [2.24, 2.45) is 0 Å². The predicted molar refractivity (Wildman–Crippen MR) is 72.2 cm³/mol. The average Bonchev–Trinajstić information content (AvgIpc) is 2.32. The molecule has 0 saturated heterocycles. The second kappa shape index (κ2) is 7.86. The highest BCUT2D eigenvalue weighted by atomic mass is 19.1. The van der Waals surface area contributed by atoms with Crippen molar-refractivity contribution in [1.82, 2.24) is 10.2 Å². The standard InChI is InChI=1S/C14H21FN2O2/c1-11(10-19-3)16-14(18)9-17(2)8-12-4-6-13(15)7-5-12/h4-7,11H,8-10H2,1-3H3,(H,16,18)/t11-/m1/s1. The summed E-state index contributed by atoms with van der Waals surface area (Å²) in [4.78, 5) is 13.6. The van der Waals surface area contributed by atoms with E-state index in [4.69, 9.17) is 4.74 Å². The maximum Gasteiger partial charge on any atom is 0.234 e. The van der Waals surface area contributed by atoms with Crippen LogP contribution in [0.4, 0.5) is 4.39 Å². The third-order valence-corrected chi connectivity index (χ3v) is 2.60. The largest absolute Gasteiger partial charge is 0.383 e. The van der Waals surface area contributed by atoms with Gasteiger partial charge in [0.05, 0.1) is 13.2 Å². The number of nitrogens with zero attached hydrogens (tertiary/aromatic N) is 1. The topological polar surface area (TPSA) is 41.6 Å². The van der Waals surface area contributed by atoms with Crippen LogP contribution in [0.3, 0.4) is 0 Å². The predicted octanol–water partition coefficient (Wildman–Crippen LogP) is 1.41. The Labute approximate surface area is 113 Å². The second-order valence-electron chi connectivity index (χ2n) is 4.72.